The number of nitrogens with two attached hydrogens (primary N) is 2. The van der Waals surface area contributed by atoms with Crippen LogP contribution >= 0.6 is 0 Å². The highest BCUT2D eigenvalue weighted by atomic mass is 14.5. The maximum absolute atomic E-state index is 4.97. The summed E-state index contributed by atoms with van der Waals surface area (Å²) in [6.07, 6.45) is 3.11. The lowest BCUT2D eigenvalue weighted by atomic mass is 10.6. The first-order chi connectivity index (χ1) is 2.41. The maximum Gasteiger partial charge on any atom is 0.0123 e. The second-order valence-corrected chi connectivity index (χ2v) is 0.664. The predicted molar refractivity (Wildman–Crippen MR) is 22.4 cm³/mol. The number of hydrogen-bond acceptors (Lipinski definition) is 2. The van der Waals surface area contributed by atoms with Crippen LogP contribution in [0.3, 0.4) is 0 Å². The van der Waals surface area contributed by atoms with Gasteiger partial charge in [0, 0.05) is 6.54 Å². The van der Waals surface area contributed by atoms with E-state index in [1.54, 1.807) is 6.08 Å². The molecule has 0 heterocycles. The van der Waals surface area contributed by atoms with Crippen LogP contribution in [0.2, 0.25) is 0 Å². The molecule has 0 aromatic rings. The Balaban J connectivity index is 2.62. The van der Waals surface area contributed by atoms with Gasteiger partial charge in [0.15, 0.2) is 0 Å². The first kappa shape index (κ1) is 4.50. The molecule has 2 nitrogen and oxygen atoms in total. The smallest absolute Gasteiger partial charge is 0.0123 e. The quantitative estimate of drug-likeness (QED) is 0.435. The van der Waals surface area contributed by atoms with E-state index < -0.39 is 0 Å². The van der Waals surface area contributed by atoms with E-state index in [0.29, 0.717) is 6.54 Å². The van der Waals surface area contributed by atoms with E-state index in [1.807, 2.05) is 0 Å². The maximum atomic E-state index is 4.97. The van der Waals surface area contributed by atoms with E-state index in [-0.39, 0.29) is 0 Å². The summed E-state index contributed by atoms with van der Waals surface area (Å²) in [6, 6.07) is 0. The van der Waals surface area contributed by atoms with E-state index in [1.165, 1.54) is 6.20 Å². The highest BCUT2D eigenvalue weighted by Gasteiger charge is 1.51. The van der Waals surface area contributed by atoms with Gasteiger partial charge in [-0.25, -0.2) is 0 Å². The van der Waals surface area contributed by atoms with Gasteiger partial charge >= 0.3 is 0 Å². The number of rotatable bonds is 1. The van der Waals surface area contributed by atoms with Crippen LogP contribution in [0.25, 0.3) is 0 Å². The summed E-state index contributed by atoms with van der Waals surface area (Å²) >= 11 is 0. The van der Waals surface area contributed by atoms with Crippen molar-refractivity contribution in [3.05, 3.63) is 12.3 Å². The summed E-state index contributed by atoms with van der Waals surface area (Å²) in [7, 11) is 0. The molecule has 0 aromatic heterocycles. The van der Waals surface area contributed by atoms with Gasteiger partial charge in [0.1, 0.15) is 0 Å². The Morgan fingerprint density at radius 2 is 2.20 bits per heavy atom. The molecule has 2 heteroatoms. The average molecular weight is 72.1 g/mol. The lowest BCUT2D eigenvalue weighted by molar-refractivity contribution is 1.24. The van der Waals surface area contributed by atoms with Gasteiger partial charge in [-0.3, -0.25) is 0 Å². The van der Waals surface area contributed by atoms with Crippen molar-refractivity contribution in [3.8, 4) is 0 Å². The van der Waals surface area contributed by atoms with Crippen molar-refractivity contribution < 1.29 is 0 Å². The minimum atomic E-state index is 0.538. The molecule has 30 valence electrons. The Hall–Kier alpha value is -0.500. The SMILES string of the molecule is NC=CCN. The molecule has 0 atom stereocenters. The van der Waals surface area contributed by atoms with Gasteiger partial charge in [-0.2, -0.15) is 0 Å². The van der Waals surface area contributed by atoms with Gasteiger partial charge in [0.05, 0.1) is 0 Å². The van der Waals surface area contributed by atoms with E-state index >= 15 is 0 Å². The zero-order chi connectivity index (χ0) is 4.12. The lowest BCUT2D eigenvalue weighted by Crippen LogP contribution is -1.93. The summed E-state index contributed by atoms with van der Waals surface area (Å²) in [5.41, 5.74) is 9.85. The topological polar surface area (TPSA) is 52.0 Å². The van der Waals surface area contributed by atoms with E-state index in [4.69, 9.17) is 11.5 Å². The van der Waals surface area contributed by atoms with Gasteiger partial charge < -0.3 is 11.5 Å². The Kier molecular flexibility index (Phi) is 3.15. The van der Waals surface area contributed by atoms with E-state index in [9.17, 15) is 0 Å². The summed E-state index contributed by atoms with van der Waals surface area (Å²) < 4.78 is 0. The van der Waals surface area contributed by atoms with Crippen molar-refractivity contribution in [3.63, 3.8) is 0 Å². The summed E-state index contributed by atoms with van der Waals surface area (Å²) in [5, 5.41) is 0. The molecule has 0 aliphatic carbocycles. The zero-order valence-electron chi connectivity index (χ0n) is 3.02. The minimum Gasteiger partial charge on any atom is -0.405 e. The minimum absolute atomic E-state index is 0.538. The third-order valence-corrected chi connectivity index (χ3v) is 0.272. The molecule has 4 N–H and O–H groups in total. The molecule has 0 fully saturated rings. The van der Waals surface area contributed by atoms with Crippen molar-refractivity contribution in [1.29, 1.82) is 0 Å². The van der Waals surface area contributed by atoms with Gasteiger partial charge in [-0.15, -0.1) is 0 Å². The van der Waals surface area contributed by atoms with Crippen LogP contribution in [-0.2, 0) is 0 Å². The second kappa shape index (κ2) is 3.50. The van der Waals surface area contributed by atoms with Crippen molar-refractivity contribution in [2.45, 2.75) is 0 Å². The third kappa shape index (κ3) is 3.50. The van der Waals surface area contributed by atoms with Crippen LogP contribution in [0, 0.1) is 0 Å². The normalized spacial score (nSPS) is 9.80. The molecule has 0 saturated heterocycles. The summed E-state index contributed by atoms with van der Waals surface area (Å²) in [6.45, 7) is 0.538. The Morgan fingerprint density at radius 1 is 1.60 bits per heavy atom. The van der Waals surface area contributed by atoms with E-state index in [2.05, 4.69) is 0 Å². The number of hydrogen-bond donors (Lipinski definition) is 2. The molecular formula is C3H8N2. The van der Waals surface area contributed by atoms with Crippen molar-refractivity contribution >= 4 is 0 Å². The van der Waals surface area contributed by atoms with Crippen LogP contribution in [0.1, 0.15) is 0 Å². The fraction of sp³-hybridized carbons (Fsp3) is 0.333. The molecule has 0 aliphatic heterocycles. The Bertz CT molecular complexity index is 31.9. The van der Waals surface area contributed by atoms with Gasteiger partial charge in [-0.1, -0.05) is 6.08 Å². The zero-order valence-corrected chi connectivity index (χ0v) is 3.02. The van der Waals surface area contributed by atoms with Crippen molar-refractivity contribution in [2.24, 2.45) is 11.5 Å². The largest absolute Gasteiger partial charge is 0.405 e. The summed E-state index contributed by atoms with van der Waals surface area (Å²) in [5.74, 6) is 0. The average Bonchev–Trinajstić information content (AvgIpc) is 1.41. The molecule has 0 aliphatic rings. The molecule has 0 spiro atoms. The van der Waals surface area contributed by atoms with Crippen LogP contribution in [-0.4, -0.2) is 6.54 Å². The molecule has 0 aromatic carbocycles. The van der Waals surface area contributed by atoms with Crippen LogP contribution < -0.4 is 11.5 Å². The van der Waals surface area contributed by atoms with Gasteiger partial charge in [0.25, 0.3) is 0 Å². The first-order valence-corrected chi connectivity index (χ1v) is 1.48. The molecule has 0 unspecified atom stereocenters. The monoisotopic (exact) mass is 72.1 g/mol. The molecule has 0 amide bonds. The van der Waals surface area contributed by atoms with Crippen LogP contribution in [0.5, 0.6) is 0 Å². The van der Waals surface area contributed by atoms with Crippen LogP contribution in [0.15, 0.2) is 12.3 Å². The Morgan fingerprint density at radius 3 is 2.20 bits per heavy atom. The molecular weight excluding hydrogens is 64.0 g/mol. The lowest BCUT2D eigenvalue weighted by Gasteiger charge is -1.68. The first-order valence-electron chi connectivity index (χ1n) is 1.48. The van der Waals surface area contributed by atoms with Crippen LogP contribution in [0.4, 0.5) is 0 Å². The molecule has 0 rings (SSSR count). The molecule has 5 heavy (non-hydrogen) atoms. The molecule has 0 saturated carbocycles. The fourth-order valence-corrected chi connectivity index (χ4v) is 0.0786. The van der Waals surface area contributed by atoms with Crippen molar-refractivity contribution in [1.82, 2.24) is 0 Å². The molecule has 0 bridgehead atoms. The highest BCUT2D eigenvalue weighted by Crippen LogP contribution is 1.48. The standard InChI is InChI=1S/C3H8N2/c4-2-1-3-5/h1-2H,3-5H2. The van der Waals surface area contributed by atoms with Crippen molar-refractivity contribution in [2.75, 3.05) is 6.54 Å². The molecule has 0 radical (unpaired) electrons. The third-order valence-electron chi connectivity index (χ3n) is 0.272. The fourth-order valence-electron chi connectivity index (χ4n) is 0.0786. The van der Waals surface area contributed by atoms with E-state index in [0.717, 1.165) is 0 Å². The highest BCUT2D eigenvalue weighted by molar-refractivity contribution is 4.75. The Labute approximate surface area is 31.5 Å². The second-order valence-electron chi connectivity index (χ2n) is 0.664. The predicted octanol–water partition coefficient (Wildman–Crippen LogP) is -0.583. The summed E-state index contributed by atoms with van der Waals surface area (Å²) in [4.78, 5) is 0. The van der Waals surface area contributed by atoms with Gasteiger partial charge in [0.2, 0.25) is 0 Å². The van der Waals surface area contributed by atoms with Gasteiger partial charge in [-0.05, 0) is 6.20 Å².